The van der Waals surface area contributed by atoms with Crippen LogP contribution in [0.25, 0.3) is 0 Å². The number of amides is 1. The second kappa shape index (κ2) is 6.47. The molecule has 3 heterocycles. The van der Waals surface area contributed by atoms with Gasteiger partial charge < -0.3 is 19.6 Å². The summed E-state index contributed by atoms with van der Waals surface area (Å²) in [6.45, 7) is 0.714. The van der Waals surface area contributed by atoms with Gasteiger partial charge in [-0.15, -0.1) is 0 Å². The van der Waals surface area contributed by atoms with E-state index in [4.69, 9.17) is 4.74 Å². The molecular weight excluding hydrogens is 435 g/mol. The van der Waals surface area contributed by atoms with E-state index >= 15 is 0 Å². The number of nitrogens with zero attached hydrogens (tertiary/aromatic N) is 2. The number of aryl methyl sites for hydroxylation is 1. The molecule has 1 aliphatic carbocycles. The Morgan fingerprint density at radius 1 is 1.52 bits per heavy atom. The summed E-state index contributed by atoms with van der Waals surface area (Å²) in [6, 6.07) is 1.87. The number of Topliss-reactive ketones (excluding diaryl/α,β-unsaturated/α-hetero) is 1. The summed E-state index contributed by atoms with van der Waals surface area (Å²) in [6.07, 6.45) is 5.35. The van der Waals surface area contributed by atoms with E-state index < -0.39 is 6.09 Å². The first-order chi connectivity index (χ1) is 12.1. The van der Waals surface area contributed by atoms with Crippen molar-refractivity contribution in [3.63, 3.8) is 0 Å². The van der Waals surface area contributed by atoms with Crippen LogP contribution in [0.15, 0.2) is 18.5 Å². The highest BCUT2D eigenvalue weighted by molar-refractivity contribution is 14.1. The van der Waals surface area contributed by atoms with Crippen LogP contribution in [0, 0.1) is 3.70 Å². The summed E-state index contributed by atoms with van der Waals surface area (Å²) in [5.41, 5.74) is 2.25. The highest BCUT2D eigenvalue weighted by Gasteiger charge is 2.41. The molecule has 1 aliphatic heterocycles. The number of methoxy groups -OCH3 is 1. The molecule has 0 saturated carbocycles. The summed E-state index contributed by atoms with van der Waals surface area (Å²) >= 11 is 2.19. The van der Waals surface area contributed by atoms with Crippen LogP contribution in [0.4, 0.5) is 4.79 Å². The molecule has 1 amide bonds. The Kier molecular flexibility index (Phi) is 4.30. The molecule has 1 unspecified atom stereocenters. The zero-order valence-electron chi connectivity index (χ0n) is 13.8. The molecule has 2 aliphatic rings. The van der Waals surface area contributed by atoms with Crippen LogP contribution < -0.4 is 5.32 Å². The maximum atomic E-state index is 13.1. The standard InChI is InChI=1S/C17H19IN4O3/c1-25-17(24)20-11-3-2-9-4-5-22-8-10(16-19-7-13(18)21-16)6-12(23)14(11)15(9)22/h4-5,7,10-11,14H,2-3,6,8H2,1H3,(H,19,21)(H,20,24)/t10-,11-,14?/m0/s1. The van der Waals surface area contributed by atoms with E-state index in [-0.39, 0.29) is 23.7 Å². The minimum atomic E-state index is -0.485. The topological polar surface area (TPSA) is 89.0 Å². The van der Waals surface area contributed by atoms with Gasteiger partial charge >= 0.3 is 6.09 Å². The molecule has 7 nitrogen and oxygen atoms in total. The van der Waals surface area contributed by atoms with Gasteiger partial charge in [-0.1, -0.05) is 0 Å². The molecule has 2 aromatic heterocycles. The minimum Gasteiger partial charge on any atom is -0.453 e. The third kappa shape index (κ3) is 2.96. The fraction of sp³-hybridized carbons (Fsp3) is 0.471. The highest BCUT2D eigenvalue weighted by Crippen LogP contribution is 2.39. The Morgan fingerprint density at radius 3 is 3.08 bits per heavy atom. The second-order valence-electron chi connectivity index (χ2n) is 6.62. The van der Waals surface area contributed by atoms with Crippen molar-refractivity contribution in [2.75, 3.05) is 7.11 Å². The van der Waals surface area contributed by atoms with E-state index in [1.165, 1.54) is 12.7 Å². The molecule has 0 spiro atoms. The number of nitrogens with one attached hydrogen (secondary N) is 2. The van der Waals surface area contributed by atoms with Crippen molar-refractivity contribution < 1.29 is 14.3 Å². The first kappa shape index (κ1) is 16.6. The first-order valence-corrected chi connectivity index (χ1v) is 9.40. The summed E-state index contributed by atoms with van der Waals surface area (Å²) in [4.78, 5) is 32.5. The van der Waals surface area contributed by atoms with Gasteiger partial charge in [-0.2, -0.15) is 0 Å². The number of carbonyl (C=O) groups is 2. The van der Waals surface area contributed by atoms with Crippen molar-refractivity contribution in [1.29, 1.82) is 0 Å². The van der Waals surface area contributed by atoms with Crippen molar-refractivity contribution in [3.05, 3.63) is 39.2 Å². The zero-order chi connectivity index (χ0) is 17.6. The monoisotopic (exact) mass is 454 g/mol. The van der Waals surface area contributed by atoms with Crippen LogP contribution in [0.5, 0.6) is 0 Å². The lowest BCUT2D eigenvalue weighted by atomic mass is 9.79. The van der Waals surface area contributed by atoms with Gasteiger partial charge in [-0.3, -0.25) is 4.79 Å². The van der Waals surface area contributed by atoms with E-state index in [1.54, 1.807) is 6.20 Å². The van der Waals surface area contributed by atoms with E-state index in [2.05, 4.69) is 54.7 Å². The van der Waals surface area contributed by atoms with Gasteiger partial charge in [0.2, 0.25) is 0 Å². The maximum Gasteiger partial charge on any atom is 0.407 e. The predicted octanol–water partition coefficient (Wildman–Crippen LogP) is 2.33. The number of aromatic amines is 1. The van der Waals surface area contributed by atoms with Crippen LogP contribution in [-0.4, -0.2) is 39.6 Å². The van der Waals surface area contributed by atoms with Gasteiger partial charge in [-0.25, -0.2) is 9.78 Å². The SMILES string of the molecule is COC(=O)N[C@H]1CCc2ccn3c2C1C(=O)C[C@H](c1ncc(I)[nH]1)C3. The van der Waals surface area contributed by atoms with Gasteiger partial charge in [0.25, 0.3) is 0 Å². The third-order valence-corrected chi connectivity index (χ3v) is 5.72. The van der Waals surface area contributed by atoms with Gasteiger partial charge in [0, 0.05) is 36.8 Å². The Labute approximate surface area is 158 Å². The van der Waals surface area contributed by atoms with Gasteiger partial charge in [0.05, 0.1) is 22.9 Å². The molecule has 3 atom stereocenters. The van der Waals surface area contributed by atoms with E-state index in [1.807, 2.05) is 0 Å². The van der Waals surface area contributed by atoms with Crippen LogP contribution in [-0.2, 0) is 22.5 Å². The number of ketones is 1. The average molecular weight is 454 g/mol. The summed E-state index contributed by atoms with van der Waals surface area (Å²) in [7, 11) is 1.34. The van der Waals surface area contributed by atoms with Crippen LogP contribution in [0.3, 0.4) is 0 Å². The molecule has 8 heteroatoms. The number of hydrogen-bond acceptors (Lipinski definition) is 4. The van der Waals surface area contributed by atoms with E-state index in [9.17, 15) is 9.59 Å². The van der Waals surface area contributed by atoms with Crippen molar-refractivity contribution >= 4 is 34.5 Å². The summed E-state index contributed by atoms with van der Waals surface area (Å²) < 4.78 is 7.86. The number of imidazole rings is 1. The van der Waals surface area contributed by atoms with Crippen molar-refractivity contribution in [2.24, 2.45) is 0 Å². The Morgan fingerprint density at radius 2 is 2.36 bits per heavy atom. The predicted molar refractivity (Wildman–Crippen MR) is 98.5 cm³/mol. The Bertz CT molecular complexity index is 828. The van der Waals surface area contributed by atoms with Crippen LogP contribution in [0.2, 0.25) is 0 Å². The number of alkyl carbamates (subject to hydrolysis) is 1. The van der Waals surface area contributed by atoms with Gasteiger partial charge in [0.1, 0.15) is 11.6 Å². The number of carbonyl (C=O) groups excluding carboxylic acids is 2. The number of rotatable bonds is 2. The molecule has 0 aromatic carbocycles. The van der Waals surface area contributed by atoms with Gasteiger partial charge in [-0.05, 0) is 47.1 Å². The largest absolute Gasteiger partial charge is 0.453 e. The highest BCUT2D eigenvalue weighted by atomic mass is 127. The number of halogens is 1. The molecule has 4 rings (SSSR count). The van der Waals surface area contributed by atoms with Gasteiger partial charge in [0.15, 0.2) is 0 Å². The normalized spacial score (nSPS) is 25.2. The number of hydrogen-bond donors (Lipinski definition) is 2. The first-order valence-electron chi connectivity index (χ1n) is 8.32. The number of H-pyrrole nitrogens is 1. The zero-order valence-corrected chi connectivity index (χ0v) is 15.9. The van der Waals surface area contributed by atoms with E-state index in [0.29, 0.717) is 13.0 Å². The lowest BCUT2D eigenvalue weighted by molar-refractivity contribution is -0.121. The maximum absolute atomic E-state index is 13.1. The molecule has 0 bridgehead atoms. The molecule has 2 N–H and O–H groups in total. The smallest absolute Gasteiger partial charge is 0.407 e. The average Bonchev–Trinajstić information content (AvgIpc) is 3.16. The van der Waals surface area contributed by atoms with Crippen molar-refractivity contribution in [2.45, 2.75) is 43.7 Å². The van der Waals surface area contributed by atoms with E-state index in [0.717, 1.165) is 28.1 Å². The molecule has 0 radical (unpaired) electrons. The molecular formula is C17H19IN4O3. The number of aromatic nitrogens is 3. The van der Waals surface area contributed by atoms with Crippen LogP contribution >= 0.6 is 22.6 Å². The lowest BCUT2D eigenvalue weighted by Crippen LogP contribution is -2.44. The Hall–Kier alpha value is -1.84. The molecule has 25 heavy (non-hydrogen) atoms. The molecule has 2 aromatic rings. The fourth-order valence-corrected chi connectivity index (χ4v) is 4.48. The Balaban J connectivity index is 1.70. The second-order valence-corrected chi connectivity index (χ2v) is 7.78. The van der Waals surface area contributed by atoms with Crippen molar-refractivity contribution in [1.82, 2.24) is 19.9 Å². The summed E-state index contributed by atoms with van der Waals surface area (Å²) in [5.74, 6) is 0.682. The number of ether oxygens (including phenoxy) is 1. The third-order valence-electron chi connectivity index (χ3n) is 5.17. The minimum absolute atomic E-state index is 0.0110. The van der Waals surface area contributed by atoms with Crippen LogP contribution in [0.1, 0.15) is 41.8 Å². The molecule has 0 saturated heterocycles. The lowest BCUT2D eigenvalue weighted by Gasteiger charge is -2.31. The quantitative estimate of drug-likeness (QED) is 0.682. The fourth-order valence-electron chi connectivity index (χ4n) is 4.07. The molecule has 132 valence electrons. The summed E-state index contributed by atoms with van der Waals surface area (Å²) in [5, 5.41) is 2.86. The van der Waals surface area contributed by atoms with Crippen molar-refractivity contribution in [3.8, 4) is 0 Å². The molecule has 0 fully saturated rings.